The molecule has 2 heterocycles. The average Bonchev–Trinajstić information content (AvgIpc) is 3.12. The van der Waals surface area contributed by atoms with E-state index < -0.39 is 0 Å². The highest BCUT2D eigenvalue weighted by molar-refractivity contribution is 5.89. The van der Waals surface area contributed by atoms with Crippen molar-refractivity contribution in [1.29, 1.82) is 0 Å². The Balaban J connectivity index is 1.57. The SMILES string of the molecule is CNC(=O)Nc1ccc(-n2cc(CCN3CCOCC3)c3ccccc32)cc1. The standard InChI is InChI=1S/C22H26N4O2/c1-23-22(27)24-18-6-8-19(9-7-18)26-16-17(20-4-2-3-5-21(20)26)10-11-25-12-14-28-15-13-25/h2-9,16H,10-15H2,1H3,(H2,23,24,27). The molecule has 4 rings (SSSR count). The number of anilines is 1. The van der Waals surface area contributed by atoms with Crippen molar-refractivity contribution in [3.8, 4) is 5.69 Å². The van der Waals surface area contributed by atoms with E-state index in [9.17, 15) is 4.79 Å². The molecule has 3 aromatic rings. The summed E-state index contributed by atoms with van der Waals surface area (Å²) in [5, 5.41) is 6.65. The van der Waals surface area contributed by atoms with E-state index in [1.165, 1.54) is 16.5 Å². The maximum absolute atomic E-state index is 11.5. The van der Waals surface area contributed by atoms with Gasteiger partial charge >= 0.3 is 6.03 Å². The van der Waals surface area contributed by atoms with E-state index in [1.807, 2.05) is 24.3 Å². The van der Waals surface area contributed by atoms with E-state index in [0.717, 1.165) is 50.6 Å². The molecule has 146 valence electrons. The third kappa shape index (κ3) is 4.03. The van der Waals surface area contributed by atoms with E-state index in [-0.39, 0.29) is 6.03 Å². The molecule has 0 radical (unpaired) electrons. The predicted molar refractivity (Wildman–Crippen MR) is 112 cm³/mol. The second kappa shape index (κ2) is 8.46. The average molecular weight is 378 g/mol. The van der Waals surface area contributed by atoms with Gasteiger partial charge in [0.1, 0.15) is 0 Å². The fourth-order valence-electron chi connectivity index (χ4n) is 3.67. The van der Waals surface area contributed by atoms with Crippen LogP contribution in [0.1, 0.15) is 5.56 Å². The zero-order valence-electron chi connectivity index (χ0n) is 16.1. The number of fused-ring (bicyclic) bond motifs is 1. The van der Waals surface area contributed by atoms with Crippen molar-refractivity contribution in [3.05, 3.63) is 60.3 Å². The van der Waals surface area contributed by atoms with Gasteiger partial charge in [-0.1, -0.05) is 18.2 Å². The number of para-hydroxylation sites is 1. The van der Waals surface area contributed by atoms with E-state index >= 15 is 0 Å². The van der Waals surface area contributed by atoms with Crippen molar-refractivity contribution in [1.82, 2.24) is 14.8 Å². The minimum absolute atomic E-state index is 0.218. The molecule has 1 saturated heterocycles. The number of carbonyl (C=O) groups excluding carboxylic acids is 1. The minimum Gasteiger partial charge on any atom is -0.379 e. The van der Waals surface area contributed by atoms with Gasteiger partial charge in [-0.2, -0.15) is 0 Å². The van der Waals surface area contributed by atoms with Crippen molar-refractivity contribution in [2.45, 2.75) is 6.42 Å². The molecule has 1 aromatic heterocycles. The van der Waals surface area contributed by atoms with Crippen molar-refractivity contribution in [2.75, 3.05) is 45.2 Å². The Labute approximate surface area is 165 Å². The molecule has 0 spiro atoms. The first-order chi connectivity index (χ1) is 13.7. The van der Waals surface area contributed by atoms with Gasteiger partial charge in [0.25, 0.3) is 0 Å². The number of benzene rings is 2. The first-order valence-corrected chi connectivity index (χ1v) is 9.73. The van der Waals surface area contributed by atoms with Crippen LogP contribution >= 0.6 is 0 Å². The quantitative estimate of drug-likeness (QED) is 0.717. The lowest BCUT2D eigenvalue weighted by molar-refractivity contribution is 0.0385. The van der Waals surface area contributed by atoms with E-state index in [0.29, 0.717) is 0 Å². The van der Waals surface area contributed by atoms with Gasteiger partial charge in [0.2, 0.25) is 0 Å². The molecule has 2 amide bonds. The molecule has 1 fully saturated rings. The summed E-state index contributed by atoms with van der Waals surface area (Å²) in [5.41, 5.74) is 4.41. The van der Waals surface area contributed by atoms with E-state index in [1.54, 1.807) is 7.05 Å². The molecule has 2 aromatic carbocycles. The topological polar surface area (TPSA) is 58.5 Å². The summed E-state index contributed by atoms with van der Waals surface area (Å²) in [5.74, 6) is 0. The first kappa shape index (κ1) is 18.5. The summed E-state index contributed by atoms with van der Waals surface area (Å²) < 4.78 is 7.68. The highest BCUT2D eigenvalue weighted by Gasteiger charge is 2.13. The van der Waals surface area contributed by atoms with Crippen molar-refractivity contribution in [2.24, 2.45) is 0 Å². The lowest BCUT2D eigenvalue weighted by atomic mass is 10.1. The van der Waals surface area contributed by atoms with Crippen LogP contribution in [0.25, 0.3) is 16.6 Å². The van der Waals surface area contributed by atoms with Gasteiger partial charge in [-0.05, 0) is 42.3 Å². The zero-order chi connectivity index (χ0) is 19.3. The fraction of sp³-hybridized carbons (Fsp3) is 0.318. The molecule has 6 heteroatoms. The number of morpholine rings is 1. The van der Waals surface area contributed by atoms with E-state index in [4.69, 9.17) is 4.74 Å². The summed E-state index contributed by atoms with van der Waals surface area (Å²) in [6.07, 6.45) is 3.26. The Morgan fingerprint density at radius 3 is 2.57 bits per heavy atom. The second-order valence-electron chi connectivity index (χ2n) is 7.00. The van der Waals surface area contributed by atoms with Crippen LogP contribution in [0.3, 0.4) is 0 Å². The smallest absolute Gasteiger partial charge is 0.318 e. The molecule has 0 aliphatic carbocycles. The lowest BCUT2D eigenvalue weighted by Gasteiger charge is -2.26. The van der Waals surface area contributed by atoms with Crippen LogP contribution in [0.2, 0.25) is 0 Å². The fourth-order valence-corrected chi connectivity index (χ4v) is 3.67. The summed E-state index contributed by atoms with van der Waals surface area (Å²) in [4.78, 5) is 13.9. The maximum atomic E-state index is 11.5. The summed E-state index contributed by atoms with van der Waals surface area (Å²) in [6, 6.07) is 16.2. The van der Waals surface area contributed by atoms with Crippen molar-refractivity contribution >= 4 is 22.6 Å². The Morgan fingerprint density at radius 1 is 1.07 bits per heavy atom. The molecule has 28 heavy (non-hydrogen) atoms. The number of rotatable bonds is 5. The van der Waals surface area contributed by atoms with Gasteiger partial charge < -0.3 is 19.9 Å². The molecule has 0 unspecified atom stereocenters. The van der Waals surface area contributed by atoms with Gasteiger partial charge in [-0.15, -0.1) is 0 Å². The predicted octanol–water partition coefficient (Wildman–Crippen LogP) is 3.26. The number of amides is 2. The molecular weight excluding hydrogens is 352 g/mol. The largest absolute Gasteiger partial charge is 0.379 e. The van der Waals surface area contributed by atoms with Gasteiger partial charge in [0, 0.05) is 49.6 Å². The Morgan fingerprint density at radius 2 is 1.82 bits per heavy atom. The van der Waals surface area contributed by atoms with Crippen LogP contribution in [-0.2, 0) is 11.2 Å². The maximum Gasteiger partial charge on any atom is 0.318 e. The van der Waals surface area contributed by atoms with Crippen LogP contribution in [0, 0.1) is 0 Å². The van der Waals surface area contributed by atoms with Crippen LogP contribution in [0.5, 0.6) is 0 Å². The highest BCUT2D eigenvalue weighted by atomic mass is 16.5. The summed E-state index contributed by atoms with van der Waals surface area (Å²) in [7, 11) is 1.61. The molecule has 0 saturated carbocycles. The van der Waals surface area contributed by atoms with Gasteiger partial charge in [-0.25, -0.2) is 4.79 Å². The molecule has 1 aliphatic rings. The van der Waals surface area contributed by atoms with E-state index in [2.05, 4.69) is 50.6 Å². The number of nitrogens with zero attached hydrogens (tertiary/aromatic N) is 2. The molecule has 0 bridgehead atoms. The van der Waals surface area contributed by atoms with Gasteiger partial charge in [0.15, 0.2) is 0 Å². The Hall–Kier alpha value is -2.83. The lowest BCUT2D eigenvalue weighted by Crippen LogP contribution is -2.37. The Bertz CT molecular complexity index is 943. The molecule has 0 atom stereocenters. The molecular formula is C22H26N4O2. The molecule has 2 N–H and O–H groups in total. The minimum atomic E-state index is -0.218. The van der Waals surface area contributed by atoms with Crippen LogP contribution in [0.4, 0.5) is 10.5 Å². The van der Waals surface area contributed by atoms with Crippen molar-refractivity contribution < 1.29 is 9.53 Å². The number of aromatic nitrogens is 1. The highest BCUT2D eigenvalue weighted by Crippen LogP contribution is 2.26. The van der Waals surface area contributed by atoms with Crippen LogP contribution in [-0.4, -0.2) is 55.4 Å². The molecule has 1 aliphatic heterocycles. The van der Waals surface area contributed by atoms with Crippen molar-refractivity contribution in [3.63, 3.8) is 0 Å². The van der Waals surface area contributed by atoms with Gasteiger partial charge in [-0.3, -0.25) is 4.90 Å². The molecule has 6 nitrogen and oxygen atoms in total. The number of ether oxygens (including phenoxy) is 1. The summed E-state index contributed by atoms with van der Waals surface area (Å²) in [6.45, 7) is 4.74. The second-order valence-corrected chi connectivity index (χ2v) is 7.00. The Kier molecular flexibility index (Phi) is 5.60. The van der Waals surface area contributed by atoms with Gasteiger partial charge in [0.05, 0.1) is 18.7 Å². The third-order valence-electron chi connectivity index (χ3n) is 5.23. The first-order valence-electron chi connectivity index (χ1n) is 9.73. The zero-order valence-corrected chi connectivity index (χ0v) is 16.1. The van der Waals surface area contributed by atoms with Crippen LogP contribution in [0.15, 0.2) is 54.7 Å². The monoisotopic (exact) mass is 378 g/mol. The number of hydrogen-bond acceptors (Lipinski definition) is 3. The normalized spacial score (nSPS) is 14.9. The number of carbonyl (C=O) groups is 1. The third-order valence-corrected chi connectivity index (χ3v) is 5.23. The number of nitrogens with one attached hydrogen (secondary N) is 2. The van der Waals surface area contributed by atoms with Crippen LogP contribution < -0.4 is 10.6 Å². The summed E-state index contributed by atoms with van der Waals surface area (Å²) >= 11 is 0. The number of urea groups is 1. The number of hydrogen-bond donors (Lipinski definition) is 2.